The molecule has 0 amide bonds. The summed E-state index contributed by atoms with van der Waals surface area (Å²) in [5, 5.41) is 9.08. The molecule has 3 nitrogen and oxygen atoms in total. The zero-order valence-corrected chi connectivity index (χ0v) is 10.2. The van der Waals surface area contributed by atoms with Gasteiger partial charge in [0.05, 0.1) is 5.92 Å². The van der Waals surface area contributed by atoms with Crippen molar-refractivity contribution in [1.82, 2.24) is 4.90 Å². The Morgan fingerprint density at radius 1 is 1.25 bits per heavy atom. The maximum Gasteiger partial charge on any atom is 0.308 e. The lowest BCUT2D eigenvalue weighted by atomic mass is 9.88. The number of hydrogen-bond donors (Lipinski definition) is 1. The van der Waals surface area contributed by atoms with Crippen molar-refractivity contribution in [2.45, 2.75) is 51.5 Å². The van der Waals surface area contributed by atoms with E-state index in [4.69, 9.17) is 5.11 Å². The Kier molecular flexibility index (Phi) is 3.85. The van der Waals surface area contributed by atoms with Crippen LogP contribution in [0, 0.1) is 11.8 Å². The first-order chi connectivity index (χ1) is 7.68. The summed E-state index contributed by atoms with van der Waals surface area (Å²) in [7, 11) is 0. The Morgan fingerprint density at radius 2 is 1.94 bits per heavy atom. The number of hydrogen-bond acceptors (Lipinski definition) is 2. The zero-order valence-electron chi connectivity index (χ0n) is 10.2. The Morgan fingerprint density at radius 3 is 2.50 bits per heavy atom. The Bertz CT molecular complexity index is 248. The van der Waals surface area contributed by atoms with E-state index in [0.29, 0.717) is 0 Å². The average molecular weight is 225 g/mol. The van der Waals surface area contributed by atoms with E-state index in [9.17, 15) is 4.79 Å². The summed E-state index contributed by atoms with van der Waals surface area (Å²) in [6.45, 7) is 4.19. The lowest BCUT2D eigenvalue weighted by molar-refractivity contribution is -0.142. The summed E-state index contributed by atoms with van der Waals surface area (Å²) in [4.78, 5) is 13.4. The van der Waals surface area contributed by atoms with E-state index in [0.717, 1.165) is 25.4 Å². The second kappa shape index (κ2) is 5.17. The van der Waals surface area contributed by atoms with Crippen molar-refractivity contribution in [3.05, 3.63) is 0 Å². The summed E-state index contributed by atoms with van der Waals surface area (Å²) in [5.74, 6) is 0.0750. The molecule has 2 aliphatic rings. The van der Waals surface area contributed by atoms with Gasteiger partial charge in [-0.2, -0.15) is 0 Å². The van der Waals surface area contributed by atoms with Crippen LogP contribution in [0.3, 0.4) is 0 Å². The molecule has 0 aromatic carbocycles. The molecule has 2 rings (SSSR count). The third-order valence-corrected chi connectivity index (χ3v) is 4.42. The van der Waals surface area contributed by atoms with Gasteiger partial charge in [-0.15, -0.1) is 0 Å². The molecule has 2 atom stereocenters. The minimum atomic E-state index is -0.612. The SMILES string of the molecule is CC1C(C(=O)O)CCN1CC1CCCCC1. The van der Waals surface area contributed by atoms with Gasteiger partial charge in [0.25, 0.3) is 0 Å². The Labute approximate surface area is 97.8 Å². The molecule has 0 radical (unpaired) electrons. The lowest BCUT2D eigenvalue weighted by Crippen LogP contribution is -2.36. The van der Waals surface area contributed by atoms with Gasteiger partial charge in [0.2, 0.25) is 0 Å². The van der Waals surface area contributed by atoms with Gasteiger partial charge in [0.15, 0.2) is 0 Å². The third kappa shape index (κ3) is 2.57. The van der Waals surface area contributed by atoms with E-state index in [1.54, 1.807) is 0 Å². The highest BCUT2D eigenvalue weighted by Gasteiger charge is 2.36. The Balaban J connectivity index is 1.84. The molecule has 0 aromatic rings. The molecule has 1 aliphatic heterocycles. The van der Waals surface area contributed by atoms with Crippen molar-refractivity contribution in [3.63, 3.8) is 0 Å². The van der Waals surface area contributed by atoms with Gasteiger partial charge in [0, 0.05) is 12.6 Å². The van der Waals surface area contributed by atoms with E-state index < -0.39 is 5.97 Å². The van der Waals surface area contributed by atoms with Crippen molar-refractivity contribution in [1.29, 1.82) is 0 Å². The summed E-state index contributed by atoms with van der Waals surface area (Å²) in [5.41, 5.74) is 0. The molecule has 1 N–H and O–H groups in total. The number of carbonyl (C=O) groups is 1. The molecule has 2 fully saturated rings. The fraction of sp³-hybridized carbons (Fsp3) is 0.923. The number of nitrogens with zero attached hydrogens (tertiary/aromatic N) is 1. The summed E-state index contributed by atoms with van der Waals surface area (Å²) in [6.07, 6.45) is 7.67. The van der Waals surface area contributed by atoms with Crippen LogP contribution >= 0.6 is 0 Å². The molecule has 1 saturated heterocycles. The molecule has 0 spiro atoms. The molecule has 1 heterocycles. The predicted molar refractivity (Wildman–Crippen MR) is 63.4 cm³/mol. The summed E-state index contributed by atoms with van der Waals surface area (Å²) >= 11 is 0. The first kappa shape index (κ1) is 11.9. The standard InChI is InChI=1S/C13H23NO2/c1-10-12(13(15)16)7-8-14(10)9-11-5-3-2-4-6-11/h10-12H,2-9H2,1H3,(H,15,16). The highest BCUT2D eigenvalue weighted by molar-refractivity contribution is 5.71. The number of carboxylic acid groups (broad SMARTS) is 1. The zero-order chi connectivity index (χ0) is 11.5. The second-order valence-corrected chi connectivity index (χ2v) is 5.47. The first-order valence-corrected chi connectivity index (χ1v) is 6.65. The van der Waals surface area contributed by atoms with Gasteiger partial charge in [-0.3, -0.25) is 9.69 Å². The fourth-order valence-electron chi connectivity index (χ4n) is 3.29. The van der Waals surface area contributed by atoms with Gasteiger partial charge in [-0.05, 0) is 38.6 Å². The van der Waals surface area contributed by atoms with Crippen LogP contribution in [-0.2, 0) is 4.79 Å². The van der Waals surface area contributed by atoms with Gasteiger partial charge >= 0.3 is 5.97 Å². The van der Waals surface area contributed by atoms with Crippen LogP contribution in [0.1, 0.15) is 45.4 Å². The normalized spacial score (nSPS) is 33.1. The van der Waals surface area contributed by atoms with Crippen LogP contribution in [0.2, 0.25) is 0 Å². The Hall–Kier alpha value is -0.570. The van der Waals surface area contributed by atoms with Crippen molar-refractivity contribution in [3.8, 4) is 0 Å². The van der Waals surface area contributed by atoms with Gasteiger partial charge < -0.3 is 5.11 Å². The minimum Gasteiger partial charge on any atom is -0.481 e. The number of carboxylic acids is 1. The molecule has 16 heavy (non-hydrogen) atoms. The predicted octanol–water partition coefficient (Wildman–Crippen LogP) is 2.36. The molecule has 2 unspecified atom stereocenters. The molecule has 3 heteroatoms. The van der Waals surface area contributed by atoms with Crippen LogP contribution in [0.4, 0.5) is 0 Å². The van der Waals surface area contributed by atoms with Gasteiger partial charge in [0.1, 0.15) is 0 Å². The quantitative estimate of drug-likeness (QED) is 0.801. The number of likely N-dealkylation sites (tertiary alicyclic amines) is 1. The fourth-order valence-corrected chi connectivity index (χ4v) is 3.29. The molecular weight excluding hydrogens is 202 g/mol. The van der Waals surface area contributed by atoms with Crippen LogP contribution in [0.5, 0.6) is 0 Å². The van der Waals surface area contributed by atoms with E-state index in [2.05, 4.69) is 11.8 Å². The van der Waals surface area contributed by atoms with Gasteiger partial charge in [-0.25, -0.2) is 0 Å². The molecular formula is C13H23NO2. The van der Waals surface area contributed by atoms with Gasteiger partial charge in [-0.1, -0.05) is 19.3 Å². The molecule has 92 valence electrons. The van der Waals surface area contributed by atoms with Crippen LogP contribution in [0.15, 0.2) is 0 Å². The number of aliphatic carboxylic acids is 1. The van der Waals surface area contributed by atoms with Crippen LogP contribution < -0.4 is 0 Å². The van der Waals surface area contributed by atoms with Crippen molar-refractivity contribution >= 4 is 5.97 Å². The third-order valence-electron chi connectivity index (χ3n) is 4.42. The lowest BCUT2D eigenvalue weighted by Gasteiger charge is -2.30. The topological polar surface area (TPSA) is 40.5 Å². The molecule has 1 aliphatic carbocycles. The van der Waals surface area contributed by atoms with Crippen molar-refractivity contribution in [2.24, 2.45) is 11.8 Å². The van der Waals surface area contributed by atoms with E-state index in [1.165, 1.54) is 32.1 Å². The largest absolute Gasteiger partial charge is 0.481 e. The molecule has 0 bridgehead atoms. The molecule has 1 saturated carbocycles. The van der Waals surface area contributed by atoms with Crippen molar-refractivity contribution in [2.75, 3.05) is 13.1 Å². The molecule has 0 aromatic heterocycles. The van der Waals surface area contributed by atoms with Crippen LogP contribution in [0.25, 0.3) is 0 Å². The first-order valence-electron chi connectivity index (χ1n) is 6.65. The summed E-state index contributed by atoms with van der Waals surface area (Å²) in [6, 6.07) is 0.236. The van der Waals surface area contributed by atoms with Crippen LogP contribution in [-0.4, -0.2) is 35.1 Å². The smallest absolute Gasteiger partial charge is 0.308 e. The van der Waals surface area contributed by atoms with E-state index in [-0.39, 0.29) is 12.0 Å². The highest BCUT2D eigenvalue weighted by Crippen LogP contribution is 2.29. The monoisotopic (exact) mass is 225 g/mol. The second-order valence-electron chi connectivity index (χ2n) is 5.47. The number of rotatable bonds is 3. The average Bonchev–Trinajstić information content (AvgIpc) is 2.62. The maximum atomic E-state index is 11.0. The van der Waals surface area contributed by atoms with Crippen molar-refractivity contribution < 1.29 is 9.90 Å². The summed E-state index contributed by atoms with van der Waals surface area (Å²) < 4.78 is 0. The van der Waals surface area contributed by atoms with E-state index in [1.807, 2.05) is 0 Å². The van der Waals surface area contributed by atoms with E-state index >= 15 is 0 Å². The highest BCUT2D eigenvalue weighted by atomic mass is 16.4. The minimum absolute atomic E-state index is 0.136. The maximum absolute atomic E-state index is 11.0.